The van der Waals surface area contributed by atoms with Crippen molar-refractivity contribution in [3.05, 3.63) is 46.2 Å². The monoisotopic (exact) mass is 416 g/mol. The first-order valence-corrected chi connectivity index (χ1v) is 9.64. The van der Waals surface area contributed by atoms with Gasteiger partial charge in [-0.25, -0.2) is 4.98 Å². The number of carbonyl (C=O) groups excluding carboxylic acids is 2. The predicted octanol–water partition coefficient (Wildman–Crippen LogP) is 2.91. The lowest BCUT2D eigenvalue weighted by Gasteiger charge is -2.37. The Labute approximate surface area is 168 Å². The third-order valence-corrected chi connectivity index (χ3v) is 5.36. The van der Waals surface area contributed by atoms with Gasteiger partial charge >= 0.3 is 5.88 Å². The van der Waals surface area contributed by atoms with Crippen molar-refractivity contribution in [3.8, 4) is 5.75 Å². The van der Waals surface area contributed by atoms with E-state index in [0.29, 0.717) is 11.7 Å². The molecule has 0 saturated carbocycles. The fourth-order valence-corrected chi connectivity index (χ4v) is 3.83. The number of ether oxygens (including phenoxy) is 1. The van der Waals surface area contributed by atoms with Crippen molar-refractivity contribution >= 4 is 44.4 Å². The van der Waals surface area contributed by atoms with Crippen molar-refractivity contribution in [1.82, 2.24) is 9.88 Å². The molecule has 2 aromatic heterocycles. The van der Waals surface area contributed by atoms with Crippen LogP contribution in [0.5, 0.6) is 5.75 Å². The molecule has 150 valence electrons. The average molecular weight is 416 g/mol. The number of aromatic nitrogens is 1. The molecule has 0 aliphatic carbocycles. The van der Waals surface area contributed by atoms with E-state index in [4.69, 9.17) is 9.15 Å². The van der Waals surface area contributed by atoms with Crippen molar-refractivity contribution in [2.45, 2.75) is 6.92 Å². The zero-order valence-corrected chi connectivity index (χ0v) is 16.1. The highest BCUT2D eigenvalue weighted by molar-refractivity contribution is 7.22. The summed E-state index contributed by atoms with van der Waals surface area (Å²) in [5.41, 5.74) is 0.763. The molecule has 0 bridgehead atoms. The molecule has 1 fully saturated rings. The molecular formula is C18H16N4O6S. The SMILES string of the molecule is CCOc1ccc2nc(NC(=O)C3CN(C(=O)c4ccc([N+](=O)[O-])o4)C3)sc2c1. The van der Waals surface area contributed by atoms with Crippen molar-refractivity contribution in [3.63, 3.8) is 0 Å². The Balaban J connectivity index is 1.35. The highest BCUT2D eigenvalue weighted by Crippen LogP contribution is 2.30. The van der Waals surface area contributed by atoms with Crippen molar-refractivity contribution in [1.29, 1.82) is 0 Å². The van der Waals surface area contributed by atoms with Gasteiger partial charge in [0.1, 0.15) is 10.7 Å². The Bertz CT molecular complexity index is 1100. The number of hydrogen-bond acceptors (Lipinski definition) is 8. The van der Waals surface area contributed by atoms with Crippen molar-refractivity contribution < 1.29 is 23.7 Å². The fourth-order valence-electron chi connectivity index (χ4n) is 2.93. The van der Waals surface area contributed by atoms with Gasteiger partial charge in [0.2, 0.25) is 5.91 Å². The molecule has 3 heterocycles. The van der Waals surface area contributed by atoms with E-state index in [2.05, 4.69) is 10.3 Å². The molecule has 3 aromatic rings. The number of hydrogen-bond donors (Lipinski definition) is 1. The molecule has 11 heteroatoms. The summed E-state index contributed by atoms with van der Waals surface area (Å²) in [6.45, 7) is 2.88. The van der Waals surface area contributed by atoms with Gasteiger partial charge in [-0.1, -0.05) is 11.3 Å². The number of likely N-dealkylation sites (tertiary alicyclic amines) is 1. The Morgan fingerprint density at radius 3 is 2.86 bits per heavy atom. The van der Waals surface area contributed by atoms with Gasteiger partial charge in [0.05, 0.1) is 28.8 Å². The van der Waals surface area contributed by atoms with Gasteiger partial charge in [-0.05, 0) is 31.2 Å². The van der Waals surface area contributed by atoms with Crippen LogP contribution in [-0.2, 0) is 4.79 Å². The molecule has 0 unspecified atom stereocenters. The molecule has 1 saturated heterocycles. The summed E-state index contributed by atoms with van der Waals surface area (Å²) in [6.07, 6.45) is 0. The van der Waals surface area contributed by atoms with Crippen LogP contribution in [0.25, 0.3) is 10.2 Å². The van der Waals surface area contributed by atoms with E-state index in [1.165, 1.54) is 22.3 Å². The van der Waals surface area contributed by atoms with Crippen LogP contribution in [0.4, 0.5) is 11.0 Å². The lowest BCUT2D eigenvalue weighted by Crippen LogP contribution is -2.54. The lowest BCUT2D eigenvalue weighted by molar-refractivity contribution is -0.402. The number of anilines is 1. The van der Waals surface area contributed by atoms with Crippen LogP contribution >= 0.6 is 11.3 Å². The number of fused-ring (bicyclic) bond motifs is 1. The number of nitrogens with one attached hydrogen (secondary N) is 1. The van der Waals surface area contributed by atoms with Gasteiger partial charge in [0, 0.05) is 13.1 Å². The molecule has 4 rings (SSSR count). The van der Waals surface area contributed by atoms with Gasteiger partial charge in [0.25, 0.3) is 5.91 Å². The number of furan rings is 1. The normalized spacial score (nSPS) is 13.9. The topological polar surface area (TPSA) is 128 Å². The van der Waals surface area contributed by atoms with Crippen molar-refractivity contribution in [2.24, 2.45) is 5.92 Å². The van der Waals surface area contributed by atoms with Gasteiger partial charge in [-0.3, -0.25) is 19.7 Å². The molecule has 1 N–H and O–H groups in total. The minimum Gasteiger partial charge on any atom is -0.494 e. The van der Waals surface area contributed by atoms with Crippen LogP contribution in [0, 0.1) is 16.0 Å². The van der Waals surface area contributed by atoms with Crippen LogP contribution < -0.4 is 10.1 Å². The maximum Gasteiger partial charge on any atom is 0.433 e. The first-order chi connectivity index (χ1) is 13.9. The third-order valence-electron chi connectivity index (χ3n) is 4.42. The first-order valence-electron chi connectivity index (χ1n) is 8.82. The molecule has 0 radical (unpaired) electrons. The van der Waals surface area contributed by atoms with Gasteiger partial charge in [-0.15, -0.1) is 0 Å². The number of rotatable bonds is 6. The van der Waals surface area contributed by atoms with E-state index in [1.54, 1.807) is 0 Å². The minimum absolute atomic E-state index is 0.119. The smallest absolute Gasteiger partial charge is 0.433 e. The van der Waals surface area contributed by atoms with E-state index < -0.39 is 16.7 Å². The van der Waals surface area contributed by atoms with E-state index in [1.807, 2.05) is 25.1 Å². The molecule has 2 amide bonds. The zero-order chi connectivity index (χ0) is 20.5. The maximum absolute atomic E-state index is 12.4. The number of benzene rings is 1. The van der Waals surface area contributed by atoms with Crippen LogP contribution in [0.2, 0.25) is 0 Å². The molecule has 1 aliphatic heterocycles. The van der Waals surface area contributed by atoms with Gasteiger partial charge in [-0.2, -0.15) is 0 Å². The summed E-state index contributed by atoms with van der Waals surface area (Å²) in [6, 6.07) is 7.91. The number of amides is 2. The Morgan fingerprint density at radius 2 is 2.17 bits per heavy atom. The highest BCUT2D eigenvalue weighted by atomic mass is 32.1. The quantitative estimate of drug-likeness (QED) is 0.483. The second-order valence-corrected chi connectivity index (χ2v) is 7.40. The molecular weight excluding hydrogens is 400 g/mol. The third kappa shape index (κ3) is 3.76. The second kappa shape index (κ2) is 7.51. The van der Waals surface area contributed by atoms with Gasteiger partial charge < -0.3 is 19.4 Å². The average Bonchev–Trinajstić information content (AvgIpc) is 3.26. The summed E-state index contributed by atoms with van der Waals surface area (Å²) in [4.78, 5) is 40.4. The number of nitro groups is 1. The van der Waals surface area contributed by atoms with E-state index in [0.717, 1.165) is 22.0 Å². The maximum atomic E-state index is 12.4. The lowest BCUT2D eigenvalue weighted by atomic mass is 9.99. The fraction of sp³-hybridized carbons (Fsp3) is 0.278. The Morgan fingerprint density at radius 1 is 1.38 bits per heavy atom. The van der Waals surface area contributed by atoms with E-state index >= 15 is 0 Å². The van der Waals surface area contributed by atoms with Crippen LogP contribution in [0.3, 0.4) is 0 Å². The summed E-state index contributed by atoms with van der Waals surface area (Å²) in [5.74, 6) is -0.963. The van der Waals surface area contributed by atoms with E-state index in [9.17, 15) is 19.7 Å². The van der Waals surface area contributed by atoms with Crippen LogP contribution in [-0.4, -0.2) is 46.3 Å². The first kappa shape index (κ1) is 18.9. The van der Waals surface area contributed by atoms with Gasteiger partial charge in [0.15, 0.2) is 10.9 Å². The van der Waals surface area contributed by atoms with E-state index in [-0.39, 0.29) is 30.7 Å². The zero-order valence-electron chi connectivity index (χ0n) is 15.3. The van der Waals surface area contributed by atoms with Crippen molar-refractivity contribution in [2.75, 3.05) is 25.0 Å². The molecule has 29 heavy (non-hydrogen) atoms. The largest absolute Gasteiger partial charge is 0.494 e. The number of thiazole rings is 1. The van der Waals surface area contributed by atoms with Crippen LogP contribution in [0.1, 0.15) is 17.5 Å². The Hall–Kier alpha value is -3.47. The number of carbonyl (C=O) groups is 2. The minimum atomic E-state index is -0.710. The second-order valence-electron chi connectivity index (χ2n) is 6.37. The summed E-state index contributed by atoms with van der Waals surface area (Å²) >= 11 is 1.34. The molecule has 10 nitrogen and oxygen atoms in total. The molecule has 0 atom stereocenters. The summed E-state index contributed by atoms with van der Waals surface area (Å²) < 4.78 is 11.3. The predicted molar refractivity (Wildman–Crippen MR) is 104 cm³/mol. The summed E-state index contributed by atoms with van der Waals surface area (Å²) in [5, 5.41) is 13.9. The highest BCUT2D eigenvalue weighted by Gasteiger charge is 2.37. The number of nitrogens with zero attached hydrogens (tertiary/aromatic N) is 3. The molecule has 1 aliphatic rings. The molecule has 0 spiro atoms. The summed E-state index contributed by atoms with van der Waals surface area (Å²) in [7, 11) is 0. The standard InChI is InChI=1S/C18H16N4O6S/c1-2-27-11-3-4-12-14(7-11)29-18(19-12)20-16(23)10-8-21(9-10)17(24)13-5-6-15(28-13)22(25)26/h3-7,10H,2,8-9H2,1H3,(H,19,20,23). The Kier molecular flexibility index (Phi) is 4.89. The van der Waals surface area contributed by atoms with Crippen LogP contribution in [0.15, 0.2) is 34.7 Å². The molecule has 1 aromatic carbocycles.